The Morgan fingerprint density at radius 2 is 1.85 bits per heavy atom. The first-order chi connectivity index (χ1) is 12.8. The van der Waals surface area contributed by atoms with Gasteiger partial charge in [-0.2, -0.15) is 0 Å². The molecule has 6 heteroatoms. The maximum Gasteiger partial charge on any atom is 0.343 e. The van der Waals surface area contributed by atoms with Crippen molar-refractivity contribution in [3.8, 4) is 11.3 Å². The molecule has 3 rings (SSSR count). The zero-order valence-corrected chi connectivity index (χ0v) is 16.3. The molecule has 0 aliphatic rings. The summed E-state index contributed by atoms with van der Waals surface area (Å²) in [6, 6.07) is 12.3. The summed E-state index contributed by atoms with van der Waals surface area (Å²) in [4.78, 5) is 27.4. The molecule has 1 unspecified atom stereocenters. The molecule has 0 radical (unpaired) electrons. The van der Waals surface area contributed by atoms with E-state index in [0.29, 0.717) is 11.3 Å². The summed E-state index contributed by atoms with van der Waals surface area (Å²) in [5.41, 5.74) is 1.28. The van der Waals surface area contributed by atoms with Crippen molar-refractivity contribution in [1.82, 2.24) is 4.90 Å². The number of esters is 1. The number of nitrogens with zero attached hydrogens (tertiary/aromatic N) is 1. The number of halogens is 1. The predicted molar refractivity (Wildman–Crippen MR) is 106 cm³/mol. The molecule has 2 aromatic carbocycles. The number of carbonyl (C=O) groups excluding carboxylic acids is 1. The van der Waals surface area contributed by atoms with Gasteiger partial charge in [-0.25, -0.2) is 4.79 Å². The van der Waals surface area contributed by atoms with E-state index in [9.17, 15) is 9.59 Å². The van der Waals surface area contributed by atoms with Crippen molar-refractivity contribution in [1.29, 1.82) is 0 Å². The van der Waals surface area contributed by atoms with E-state index in [2.05, 4.69) is 0 Å². The molecule has 27 heavy (non-hydrogen) atoms. The van der Waals surface area contributed by atoms with Gasteiger partial charge in [0.05, 0.1) is 5.39 Å². The second kappa shape index (κ2) is 7.55. The van der Waals surface area contributed by atoms with Crippen molar-refractivity contribution in [2.24, 2.45) is 0 Å². The highest BCUT2D eigenvalue weighted by molar-refractivity contribution is 6.32. The van der Waals surface area contributed by atoms with Crippen LogP contribution in [0, 0.1) is 6.92 Å². The van der Waals surface area contributed by atoms with Gasteiger partial charge in [0.2, 0.25) is 0 Å². The maximum atomic E-state index is 12.9. The van der Waals surface area contributed by atoms with Crippen LogP contribution in [0.4, 0.5) is 0 Å². The summed E-state index contributed by atoms with van der Waals surface area (Å²) in [5, 5.41) is 0.523. The fraction of sp³-hybridized carbons (Fsp3) is 0.238. The van der Waals surface area contributed by atoms with Gasteiger partial charge in [0.15, 0.2) is 17.2 Å². The molecule has 1 aromatic heterocycles. The van der Waals surface area contributed by atoms with E-state index in [1.807, 2.05) is 30.3 Å². The largest absolute Gasteiger partial charge is 0.455 e. The number of rotatable bonds is 4. The minimum absolute atomic E-state index is 0.125. The van der Waals surface area contributed by atoms with Crippen LogP contribution in [0.25, 0.3) is 22.3 Å². The van der Waals surface area contributed by atoms with Gasteiger partial charge in [-0.15, -0.1) is 0 Å². The Labute approximate surface area is 162 Å². The lowest BCUT2D eigenvalue weighted by Crippen LogP contribution is -2.30. The molecule has 0 spiro atoms. The average Bonchev–Trinajstić information content (AvgIpc) is 2.65. The quantitative estimate of drug-likeness (QED) is 0.489. The molecule has 1 heterocycles. The van der Waals surface area contributed by atoms with Crippen molar-refractivity contribution in [3.05, 3.63) is 68.8 Å². The summed E-state index contributed by atoms with van der Waals surface area (Å²) >= 11 is 6.15. The van der Waals surface area contributed by atoms with Gasteiger partial charge in [0.25, 0.3) is 0 Å². The van der Waals surface area contributed by atoms with Gasteiger partial charge in [-0.3, -0.25) is 9.69 Å². The van der Waals surface area contributed by atoms with Crippen LogP contribution in [0.5, 0.6) is 0 Å². The van der Waals surface area contributed by atoms with Crippen LogP contribution in [0.15, 0.2) is 51.7 Å². The number of ether oxygens (including phenoxy) is 1. The monoisotopic (exact) mass is 385 g/mol. The van der Waals surface area contributed by atoms with Gasteiger partial charge in [-0.05, 0) is 40.1 Å². The molecule has 0 fully saturated rings. The van der Waals surface area contributed by atoms with E-state index in [0.717, 1.165) is 5.56 Å². The standard InChI is InChI=1S/C21H20ClNO4/c1-12-18(24)16-10-15(22)11-17(21(25)26-13(2)23(3)4)20(16)27-19(12)14-8-6-5-7-9-14/h5-11,13H,1-4H3. The molecule has 0 amide bonds. The van der Waals surface area contributed by atoms with Crippen molar-refractivity contribution >= 4 is 28.5 Å². The van der Waals surface area contributed by atoms with Crippen molar-refractivity contribution in [2.45, 2.75) is 20.1 Å². The summed E-state index contributed by atoms with van der Waals surface area (Å²) in [7, 11) is 3.59. The lowest BCUT2D eigenvalue weighted by atomic mass is 10.0. The molecule has 0 aliphatic carbocycles. The molecule has 5 nitrogen and oxygen atoms in total. The fourth-order valence-electron chi connectivity index (χ4n) is 2.70. The Morgan fingerprint density at radius 1 is 1.19 bits per heavy atom. The number of hydrogen-bond donors (Lipinski definition) is 0. The van der Waals surface area contributed by atoms with Crippen LogP contribution < -0.4 is 5.43 Å². The third-order valence-corrected chi connectivity index (χ3v) is 4.66. The molecule has 3 aromatic rings. The molecular weight excluding hydrogens is 366 g/mol. The molecule has 0 aliphatic heterocycles. The van der Waals surface area contributed by atoms with E-state index in [1.54, 1.807) is 32.8 Å². The Balaban J connectivity index is 2.24. The molecule has 1 atom stereocenters. The van der Waals surface area contributed by atoms with E-state index < -0.39 is 12.2 Å². The molecular formula is C21H20ClNO4. The highest BCUT2D eigenvalue weighted by Crippen LogP contribution is 2.30. The topological polar surface area (TPSA) is 59.8 Å². The smallest absolute Gasteiger partial charge is 0.343 e. The SMILES string of the molecule is Cc1c(-c2ccccc2)oc2c(C(=O)OC(C)N(C)C)cc(Cl)cc2c1=O. The second-order valence-corrected chi connectivity index (χ2v) is 6.99. The highest BCUT2D eigenvalue weighted by atomic mass is 35.5. The minimum Gasteiger partial charge on any atom is -0.455 e. The third kappa shape index (κ3) is 3.75. The number of carbonyl (C=O) groups is 1. The van der Waals surface area contributed by atoms with Gasteiger partial charge < -0.3 is 9.15 Å². The lowest BCUT2D eigenvalue weighted by Gasteiger charge is -2.20. The molecule has 140 valence electrons. The van der Waals surface area contributed by atoms with Crippen LogP contribution in [0.3, 0.4) is 0 Å². The van der Waals surface area contributed by atoms with E-state index >= 15 is 0 Å². The zero-order valence-electron chi connectivity index (χ0n) is 15.6. The molecule has 0 saturated heterocycles. The first-order valence-corrected chi connectivity index (χ1v) is 8.87. The van der Waals surface area contributed by atoms with Crippen LogP contribution in [0.2, 0.25) is 5.02 Å². The first kappa shape index (κ1) is 19.1. The Bertz CT molecular complexity index is 1060. The summed E-state index contributed by atoms with van der Waals surface area (Å²) in [5.74, 6) is -0.181. The average molecular weight is 386 g/mol. The number of fused-ring (bicyclic) bond motifs is 1. The van der Waals surface area contributed by atoms with E-state index in [-0.39, 0.29) is 27.0 Å². The Morgan fingerprint density at radius 3 is 2.48 bits per heavy atom. The van der Waals surface area contributed by atoms with Gasteiger partial charge in [0.1, 0.15) is 11.3 Å². The zero-order chi connectivity index (χ0) is 19.7. The van der Waals surface area contributed by atoms with Crippen molar-refractivity contribution in [2.75, 3.05) is 14.1 Å². The molecule has 0 N–H and O–H groups in total. The molecule has 0 saturated carbocycles. The summed E-state index contributed by atoms with van der Waals surface area (Å²) in [6.07, 6.45) is -0.447. The van der Waals surface area contributed by atoms with Crippen molar-refractivity contribution < 1.29 is 13.9 Å². The van der Waals surface area contributed by atoms with Crippen LogP contribution >= 0.6 is 11.6 Å². The molecule has 0 bridgehead atoms. The first-order valence-electron chi connectivity index (χ1n) is 8.49. The highest BCUT2D eigenvalue weighted by Gasteiger charge is 2.22. The summed E-state index contributed by atoms with van der Waals surface area (Å²) < 4.78 is 11.5. The Kier molecular flexibility index (Phi) is 5.35. The number of benzene rings is 2. The van der Waals surface area contributed by atoms with Crippen LogP contribution in [-0.4, -0.2) is 31.2 Å². The van der Waals surface area contributed by atoms with Gasteiger partial charge in [-0.1, -0.05) is 41.9 Å². The second-order valence-electron chi connectivity index (χ2n) is 6.55. The van der Waals surface area contributed by atoms with E-state index in [4.69, 9.17) is 20.8 Å². The van der Waals surface area contributed by atoms with Crippen LogP contribution in [0.1, 0.15) is 22.8 Å². The predicted octanol–water partition coefficient (Wildman–Crippen LogP) is 4.49. The van der Waals surface area contributed by atoms with Gasteiger partial charge >= 0.3 is 5.97 Å². The third-order valence-electron chi connectivity index (χ3n) is 4.44. The van der Waals surface area contributed by atoms with Gasteiger partial charge in [0, 0.05) is 16.1 Å². The lowest BCUT2D eigenvalue weighted by molar-refractivity contribution is -0.00536. The van der Waals surface area contributed by atoms with E-state index in [1.165, 1.54) is 12.1 Å². The van der Waals surface area contributed by atoms with Crippen molar-refractivity contribution in [3.63, 3.8) is 0 Å². The minimum atomic E-state index is -0.602. The van der Waals surface area contributed by atoms with Crippen LogP contribution in [-0.2, 0) is 4.74 Å². The fourth-order valence-corrected chi connectivity index (χ4v) is 2.91. The summed E-state index contributed by atoms with van der Waals surface area (Å²) in [6.45, 7) is 3.45. The number of hydrogen-bond acceptors (Lipinski definition) is 5. The maximum absolute atomic E-state index is 12.9. The Hall–Kier alpha value is -2.63. The normalized spacial score (nSPS) is 12.4.